The van der Waals surface area contributed by atoms with Crippen LogP contribution in [0.3, 0.4) is 0 Å². The molecule has 3 aromatic rings. The molecule has 1 heterocycles. The molecule has 0 radical (unpaired) electrons. The lowest BCUT2D eigenvalue weighted by atomic mass is 10.2. The molecule has 0 aliphatic rings. The SMILES string of the molecule is COC[C@H](C)NS(=O)(=O)c1ccc(NC(=O)c2occc2CS(=O)(=O)c2ccccc2)cc1. The lowest BCUT2D eigenvalue weighted by Gasteiger charge is -2.13. The molecule has 0 saturated carbocycles. The van der Waals surface area contributed by atoms with E-state index in [1.54, 1.807) is 25.1 Å². The van der Waals surface area contributed by atoms with E-state index in [2.05, 4.69) is 10.0 Å². The number of methoxy groups -OCH3 is 1. The Labute approximate surface area is 192 Å². The summed E-state index contributed by atoms with van der Waals surface area (Å²) in [6.07, 6.45) is 1.24. The molecule has 9 nitrogen and oxygen atoms in total. The van der Waals surface area contributed by atoms with Gasteiger partial charge in [0.25, 0.3) is 5.91 Å². The van der Waals surface area contributed by atoms with Gasteiger partial charge in [-0.1, -0.05) is 18.2 Å². The summed E-state index contributed by atoms with van der Waals surface area (Å²) in [6, 6.07) is 14.5. The number of furan rings is 1. The van der Waals surface area contributed by atoms with Gasteiger partial charge in [-0.25, -0.2) is 21.6 Å². The lowest BCUT2D eigenvalue weighted by molar-refractivity contribution is 0.0995. The highest BCUT2D eigenvalue weighted by Gasteiger charge is 2.23. The van der Waals surface area contributed by atoms with Crippen LogP contribution in [0, 0.1) is 0 Å². The number of hydrogen-bond acceptors (Lipinski definition) is 7. The molecule has 0 bridgehead atoms. The standard InChI is InChI=1S/C22H24N2O7S2/c1-16(14-30-2)24-33(28,29)20-10-8-18(9-11-20)23-22(25)21-17(12-13-31-21)15-32(26,27)19-6-4-3-5-7-19/h3-13,16,24H,14-15H2,1-2H3,(H,23,25)/t16-/m0/s1. The number of sulfone groups is 1. The molecule has 0 aliphatic heterocycles. The van der Waals surface area contributed by atoms with E-state index in [0.29, 0.717) is 5.69 Å². The first-order chi connectivity index (χ1) is 15.6. The van der Waals surface area contributed by atoms with E-state index in [-0.39, 0.29) is 27.7 Å². The van der Waals surface area contributed by atoms with Crippen molar-refractivity contribution in [3.8, 4) is 0 Å². The number of carbonyl (C=O) groups is 1. The molecule has 0 unspecified atom stereocenters. The topological polar surface area (TPSA) is 132 Å². The second-order valence-electron chi connectivity index (χ2n) is 7.30. The molecule has 2 aromatic carbocycles. The highest BCUT2D eigenvalue weighted by atomic mass is 32.2. The Balaban J connectivity index is 1.71. The monoisotopic (exact) mass is 492 g/mol. The summed E-state index contributed by atoms with van der Waals surface area (Å²) in [5.41, 5.74) is 0.532. The van der Waals surface area contributed by atoms with Gasteiger partial charge < -0.3 is 14.5 Å². The Bertz CT molecular complexity index is 1300. The van der Waals surface area contributed by atoms with Crippen LogP contribution in [-0.4, -0.2) is 42.5 Å². The van der Waals surface area contributed by atoms with E-state index in [0.717, 1.165) is 0 Å². The van der Waals surface area contributed by atoms with Crippen LogP contribution < -0.4 is 10.0 Å². The van der Waals surface area contributed by atoms with Crippen LogP contribution in [0.4, 0.5) is 5.69 Å². The smallest absolute Gasteiger partial charge is 0.291 e. The van der Waals surface area contributed by atoms with Crippen molar-refractivity contribution in [2.24, 2.45) is 0 Å². The average Bonchev–Trinajstić information content (AvgIpc) is 3.22. The Morgan fingerprint density at radius 1 is 0.970 bits per heavy atom. The van der Waals surface area contributed by atoms with Gasteiger partial charge in [-0.2, -0.15) is 0 Å². The van der Waals surface area contributed by atoms with Gasteiger partial charge >= 0.3 is 0 Å². The van der Waals surface area contributed by atoms with Crippen molar-refractivity contribution in [1.82, 2.24) is 4.72 Å². The van der Waals surface area contributed by atoms with Crippen molar-refractivity contribution < 1.29 is 30.8 Å². The van der Waals surface area contributed by atoms with Crippen molar-refractivity contribution >= 4 is 31.5 Å². The number of ether oxygens (including phenoxy) is 1. The fraction of sp³-hybridized carbons (Fsp3) is 0.227. The second-order valence-corrected chi connectivity index (χ2v) is 11.0. The van der Waals surface area contributed by atoms with Crippen molar-refractivity contribution in [2.75, 3.05) is 19.0 Å². The van der Waals surface area contributed by atoms with Gasteiger partial charge in [-0.05, 0) is 49.4 Å². The maximum atomic E-state index is 12.7. The Morgan fingerprint density at radius 3 is 2.27 bits per heavy atom. The summed E-state index contributed by atoms with van der Waals surface area (Å²) < 4.78 is 62.7. The predicted octanol–water partition coefficient (Wildman–Crippen LogP) is 2.82. The van der Waals surface area contributed by atoms with Crippen LogP contribution >= 0.6 is 0 Å². The summed E-state index contributed by atoms with van der Waals surface area (Å²) in [4.78, 5) is 12.8. The summed E-state index contributed by atoms with van der Waals surface area (Å²) >= 11 is 0. The van der Waals surface area contributed by atoms with Crippen LogP contribution in [-0.2, 0) is 30.4 Å². The minimum atomic E-state index is -3.75. The zero-order valence-corrected chi connectivity index (χ0v) is 19.6. The Kier molecular flexibility index (Phi) is 7.69. The third kappa shape index (κ3) is 6.29. The maximum absolute atomic E-state index is 12.7. The summed E-state index contributed by atoms with van der Waals surface area (Å²) in [6.45, 7) is 1.90. The van der Waals surface area contributed by atoms with E-state index >= 15 is 0 Å². The number of sulfonamides is 1. The van der Waals surface area contributed by atoms with Crippen LogP contribution in [0.15, 0.2) is 81.1 Å². The number of anilines is 1. The van der Waals surface area contributed by atoms with Gasteiger partial charge in [0.15, 0.2) is 15.6 Å². The molecule has 0 fully saturated rings. The third-order valence-electron chi connectivity index (χ3n) is 4.60. The van der Waals surface area contributed by atoms with Crippen LogP contribution in [0.25, 0.3) is 0 Å². The van der Waals surface area contributed by atoms with Crippen molar-refractivity contribution in [3.63, 3.8) is 0 Å². The third-order valence-corrected chi connectivity index (χ3v) is 7.88. The Morgan fingerprint density at radius 2 is 1.64 bits per heavy atom. The number of benzene rings is 2. The van der Waals surface area contributed by atoms with E-state index in [1.165, 1.54) is 55.8 Å². The molecule has 3 rings (SSSR count). The van der Waals surface area contributed by atoms with Gasteiger partial charge in [-0.15, -0.1) is 0 Å². The lowest BCUT2D eigenvalue weighted by Crippen LogP contribution is -2.35. The normalized spacial score (nSPS) is 12.9. The fourth-order valence-corrected chi connectivity index (χ4v) is 5.69. The number of rotatable bonds is 10. The molecule has 0 spiro atoms. The minimum Gasteiger partial charge on any atom is -0.459 e. The zero-order valence-electron chi connectivity index (χ0n) is 18.0. The van der Waals surface area contributed by atoms with E-state index in [4.69, 9.17) is 9.15 Å². The van der Waals surface area contributed by atoms with Crippen LogP contribution in [0.1, 0.15) is 23.0 Å². The summed E-state index contributed by atoms with van der Waals surface area (Å²) in [5, 5.41) is 2.59. The molecule has 2 N–H and O–H groups in total. The highest BCUT2D eigenvalue weighted by molar-refractivity contribution is 7.90. The van der Waals surface area contributed by atoms with E-state index in [9.17, 15) is 21.6 Å². The van der Waals surface area contributed by atoms with Gasteiger partial charge in [0.1, 0.15) is 0 Å². The highest BCUT2D eigenvalue weighted by Crippen LogP contribution is 2.21. The number of nitrogens with one attached hydrogen (secondary N) is 2. The first kappa shape index (κ1) is 24.6. The van der Waals surface area contributed by atoms with Crippen LogP contribution in [0.2, 0.25) is 0 Å². The van der Waals surface area contributed by atoms with Gasteiger partial charge in [0.05, 0.1) is 28.4 Å². The van der Waals surface area contributed by atoms with Gasteiger partial charge in [-0.3, -0.25) is 4.79 Å². The molecule has 11 heteroatoms. The van der Waals surface area contributed by atoms with Gasteiger partial charge in [0, 0.05) is 24.4 Å². The molecular weight excluding hydrogens is 468 g/mol. The molecule has 1 atom stereocenters. The summed E-state index contributed by atoms with van der Waals surface area (Å²) in [5.74, 6) is -1.19. The quantitative estimate of drug-likeness (QED) is 0.445. The van der Waals surface area contributed by atoms with Crippen LogP contribution in [0.5, 0.6) is 0 Å². The first-order valence-electron chi connectivity index (χ1n) is 9.89. The predicted molar refractivity (Wildman–Crippen MR) is 122 cm³/mol. The molecular formula is C22H24N2O7S2. The van der Waals surface area contributed by atoms with Crippen molar-refractivity contribution in [2.45, 2.75) is 28.5 Å². The van der Waals surface area contributed by atoms with E-state index < -0.39 is 37.6 Å². The maximum Gasteiger partial charge on any atom is 0.291 e. The fourth-order valence-electron chi connectivity index (χ4n) is 3.09. The first-order valence-corrected chi connectivity index (χ1v) is 13.0. The number of hydrogen-bond donors (Lipinski definition) is 2. The average molecular weight is 493 g/mol. The molecule has 0 saturated heterocycles. The number of carbonyl (C=O) groups excluding carboxylic acids is 1. The minimum absolute atomic E-state index is 0.0242. The second kappa shape index (κ2) is 10.3. The van der Waals surface area contributed by atoms with Crippen molar-refractivity contribution in [3.05, 3.63) is 78.3 Å². The Hall–Kier alpha value is -2.99. The summed E-state index contributed by atoms with van der Waals surface area (Å²) in [7, 11) is -5.95. The molecule has 1 aromatic heterocycles. The molecule has 0 aliphatic carbocycles. The van der Waals surface area contributed by atoms with Gasteiger partial charge in [0.2, 0.25) is 10.0 Å². The number of amides is 1. The molecule has 33 heavy (non-hydrogen) atoms. The molecule has 176 valence electrons. The van der Waals surface area contributed by atoms with E-state index in [1.807, 2.05) is 0 Å². The largest absolute Gasteiger partial charge is 0.459 e. The molecule has 1 amide bonds. The zero-order chi connectivity index (χ0) is 24.1. The van der Waals surface area contributed by atoms with Crippen molar-refractivity contribution in [1.29, 1.82) is 0 Å².